The van der Waals surface area contributed by atoms with Gasteiger partial charge >= 0.3 is 0 Å². The van der Waals surface area contributed by atoms with Crippen LogP contribution in [0.2, 0.25) is 0 Å². The minimum Gasteiger partial charge on any atom is -0.472 e. The molecule has 0 amide bonds. The van der Waals surface area contributed by atoms with Crippen molar-refractivity contribution in [2.75, 3.05) is 13.2 Å². The third kappa shape index (κ3) is 1.15. The van der Waals surface area contributed by atoms with E-state index in [4.69, 9.17) is 14.5 Å². The van der Waals surface area contributed by atoms with E-state index in [1.807, 2.05) is 0 Å². The highest BCUT2D eigenvalue weighted by Crippen LogP contribution is 2.27. The third-order valence-electron chi connectivity index (χ3n) is 0.741. The second-order valence-corrected chi connectivity index (χ2v) is 2.26. The summed E-state index contributed by atoms with van der Waals surface area (Å²) < 4.78 is 4.69. The average molecular weight is 135 g/mol. The molecule has 0 aliphatic carbocycles. The number of ether oxygens (including phenoxy) is 1. The first-order valence-corrected chi connectivity index (χ1v) is 3.40. The molecule has 1 aliphatic rings. The van der Waals surface area contributed by atoms with Crippen molar-refractivity contribution >= 4 is 14.0 Å². The van der Waals surface area contributed by atoms with Crippen molar-refractivity contribution in [3.8, 4) is 0 Å². The Labute approximate surface area is 47.7 Å². The molecule has 0 unspecified atom stereocenters. The van der Waals surface area contributed by atoms with Gasteiger partial charge in [-0.2, -0.15) is 0 Å². The van der Waals surface area contributed by atoms with Gasteiger partial charge in [0, 0.05) is 0 Å². The Morgan fingerprint density at radius 1 is 1.62 bits per heavy atom. The van der Waals surface area contributed by atoms with E-state index < -0.39 is 8.38 Å². The topological polar surface area (TPSA) is 62.0 Å². The number of hydrogen-bond acceptors (Lipinski definition) is 4. The van der Waals surface area contributed by atoms with Crippen LogP contribution in [0.1, 0.15) is 0 Å². The molecule has 0 spiro atoms. The van der Waals surface area contributed by atoms with Crippen LogP contribution in [0.25, 0.3) is 0 Å². The van der Waals surface area contributed by atoms with Crippen LogP contribution in [0.15, 0.2) is 4.99 Å². The molecule has 0 aromatic carbocycles. The number of hydrogen-bond donors (Lipinski definition) is 2. The van der Waals surface area contributed by atoms with Gasteiger partial charge in [-0.25, -0.2) is 4.99 Å². The summed E-state index contributed by atoms with van der Waals surface area (Å²) >= 11 is 0. The van der Waals surface area contributed by atoms with Crippen LogP contribution < -0.4 is 0 Å². The van der Waals surface area contributed by atoms with E-state index in [0.29, 0.717) is 13.2 Å². The lowest BCUT2D eigenvalue weighted by molar-refractivity contribution is 0.346. The SMILES string of the molecule is OP(O)C1=NCCO1. The second-order valence-electron chi connectivity index (χ2n) is 1.30. The minimum atomic E-state index is -2.07. The van der Waals surface area contributed by atoms with E-state index in [0.717, 1.165) is 0 Å². The minimum absolute atomic E-state index is 0.0972. The summed E-state index contributed by atoms with van der Waals surface area (Å²) in [4.78, 5) is 20.5. The fraction of sp³-hybridized carbons (Fsp3) is 0.667. The van der Waals surface area contributed by atoms with Gasteiger partial charge in [-0.05, 0) is 0 Å². The summed E-state index contributed by atoms with van der Waals surface area (Å²) in [7, 11) is -2.07. The molecule has 0 aromatic heterocycles. The number of nitrogens with zero attached hydrogens (tertiary/aromatic N) is 1. The fourth-order valence-electron chi connectivity index (χ4n) is 0.445. The molecular formula is C3H6NO3P. The van der Waals surface area contributed by atoms with Crippen LogP contribution in [0.4, 0.5) is 0 Å². The highest BCUT2D eigenvalue weighted by molar-refractivity contribution is 7.64. The zero-order valence-corrected chi connectivity index (χ0v) is 5.01. The molecule has 0 fully saturated rings. The fourth-order valence-corrected chi connectivity index (χ4v) is 0.878. The standard InChI is InChI=1S/C3H6NO3P/c5-8(6)3-4-1-2-7-3/h5-6H,1-2H2. The summed E-state index contributed by atoms with van der Waals surface area (Å²) in [6.07, 6.45) is 0. The molecule has 1 aliphatic heterocycles. The van der Waals surface area contributed by atoms with Crippen LogP contribution in [-0.2, 0) is 4.74 Å². The van der Waals surface area contributed by atoms with Crippen molar-refractivity contribution in [3.63, 3.8) is 0 Å². The largest absolute Gasteiger partial charge is 0.472 e. The predicted molar refractivity (Wildman–Crippen MR) is 29.6 cm³/mol. The average Bonchev–Trinajstić information content (AvgIpc) is 2.12. The molecule has 5 heteroatoms. The van der Waals surface area contributed by atoms with Crippen LogP contribution in [0.5, 0.6) is 0 Å². The molecule has 0 saturated carbocycles. The zero-order valence-electron chi connectivity index (χ0n) is 4.11. The smallest absolute Gasteiger partial charge is 0.264 e. The monoisotopic (exact) mass is 135 g/mol. The van der Waals surface area contributed by atoms with Crippen molar-refractivity contribution in [1.29, 1.82) is 0 Å². The normalized spacial score (nSPS) is 18.6. The van der Waals surface area contributed by atoms with Crippen molar-refractivity contribution in [2.24, 2.45) is 4.99 Å². The molecule has 46 valence electrons. The summed E-state index contributed by atoms with van der Waals surface area (Å²) in [5.74, 6) is 0. The van der Waals surface area contributed by atoms with Crippen LogP contribution >= 0.6 is 8.38 Å². The first-order valence-electron chi connectivity index (χ1n) is 2.16. The van der Waals surface area contributed by atoms with Crippen molar-refractivity contribution in [1.82, 2.24) is 0 Å². The van der Waals surface area contributed by atoms with Gasteiger partial charge < -0.3 is 14.5 Å². The van der Waals surface area contributed by atoms with Gasteiger partial charge in [0.1, 0.15) is 6.61 Å². The van der Waals surface area contributed by atoms with Gasteiger partial charge in [0.25, 0.3) is 14.0 Å². The molecule has 0 bridgehead atoms. The maximum atomic E-state index is 8.42. The molecule has 2 N–H and O–H groups in total. The van der Waals surface area contributed by atoms with E-state index in [1.165, 1.54) is 0 Å². The lowest BCUT2D eigenvalue weighted by Crippen LogP contribution is -1.94. The van der Waals surface area contributed by atoms with Crippen LogP contribution in [0, 0.1) is 0 Å². The van der Waals surface area contributed by atoms with Gasteiger partial charge in [0.2, 0.25) is 0 Å². The predicted octanol–water partition coefficient (Wildman–Crippen LogP) is -0.331. The van der Waals surface area contributed by atoms with E-state index in [2.05, 4.69) is 4.99 Å². The molecule has 4 nitrogen and oxygen atoms in total. The van der Waals surface area contributed by atoms with Crippen molar-refractivity contribution in [2.45, 2.75) is 0 Å². The molecule has 0 saturated heterocycles. The molecule has 0 aromatic rings. The second kappa shape index (κ2) is 2.40. The Morgan fingerprint density at radius 3 is 2.62 bits per heavy atom. The number of rotatable bonds is 1. The Balaban J connectivity index is 2.45. The van der Waals surface area contributed by atoms with Gasteiger partial charge in [0.15, 0.2) is 0 Å². The van der Waals surface area contributed by atoms with E-state index >= 15 is 0 Å². The summed E-state index contributed by atoms with van der Waals surface area (Å²) in [5, 5.41) is 0. The van der Waals surface area contributed by atoms with E-state index in [1.54, 1.807) is 0 Å². The first-order chi connectivity index (χ1) is 3.80. The van der Waals surface area contributed by atoms with Gasteiger partial charge in [0.05, 0.1) is 6.54 Å². The van der Waals surface area contributed by atoms with Crippen LogP contribution in [-0.4, -0.2) is 28.6 Å². The molecule has 1 rings (SSSR count). The van der Waals surface area contributed by atoms with E-state index in [9.17, 15) is 0 Å². The molecular weight excluding hydrogens is 129 g/mol. The molecule has 0 radical (unpaired) electrons. The first kappa shape index (κ1) is 5.95. The van der Waals surface area contributed by atoms with Crippen molar-refractivity contribution in [3.05, 3.63) is 0 Å². The lowest BCUT2D eigenvalue weighted by atomic mass is 10.8. The van der Waals surface area contributed by atoms with Gasteiger partial charge in [-0.1, -0.05) is 0 Å². The Morgan fingerprint density at radius 2 is 2.38 bits per heavy atom. The Hall–Kier alpha value is -0.180. The molecule has 1 heterocycles. The Bertz CT molecular complexity index is 113. The zero-order chi connectivity index (χ0) is 5.98. The quantitative estimate of drug-likeness (QED) is 0.484. The summed E-state index contributed by atoms with van der Waals surface area (Å²) in [6, 6.07) is 0. The highest BCUT2D eigenvalue weighted by atomic mass is 31.2. The number of aliphatic imine (C=N–C) groups is 1. The summed E-state index contributed by atoms with van der Waals surface area (Å²) in [5.41, 5.74) is 0.0972. The Kier molecular flexibility index (Phi) is 1.78. The third-order valence-corrected chi connectivity index (χ3v) is 1.35. The van der Waals surface area contributed by atoms with Crippen molar-refractivity contribution < 1.29 is 14.5 Å². The highest BCUT2D eigenvalue weighted by Gasteiger charge is 2.15. The van der Waals surface area contributed by atoms with Gasteiger partial charge in [-0.15, -0.1) is 0 Å². The maximum Gasteiger partial charge on any atom is 0.264 e. The molecule has 8 heavy (non-hydrogen) atoms. The van der Waals surface area contributed by atoms with Gasteiger partial charge in [-0.3, -0.25) is 0 Å². The lowest BCUT2D eigenvalue weighted by Gasteiger charge is -1.98. The molecule has 0 atom stereocenters. The summed E-state index contributed by atoms with van der Waals surface area (Å²) in [6.45, 7) is 1.03. The van der Waals surface area contributed by atoms with E-state index in [-0.39, 0.29) is 5.64 Å². The maximum absolute atomic E-state index is 8.42. The van der Waals surface area contributed by atoms with Crippen LogP contribution in [0.3, 0.4) is 0 Å².